The van der Waals surface area contributed by atoms with Crippen molar-refractivity contribution in [3.05, 3.63) is 59.2 Å². The van der Waals surface area contributed by atoms with Crippen LogP contribution in [0.3, 0.4) is 0 Å². The van der Waals surface area contributed by atoms with Gasteiger partial charge in [-0.1, -0.05) is 6.07 Å². The maximum absolute atomic E-state index is 12.3. The van der Waals surface area contributed by atoms with E-state index in [1.165, 1.54) is 30.4 Å². The predicted molar refractivity (Wildman–Crippen MR) is 120 cm³/mol. The fraction of sp³-hybridized carbons (Fsp3) is 0.250. The molecule has 10 nitrogen and oxygen atoms in total. The monoisotopic (exact) mass is 469 g/mol. The van der Waals surface area contributed by atoms with Gasteiger partial charge in [-0.15, -0.1) is 0 Å². The predicted octanol–water partition coefficient (Wildman–Crippen LogP) is 2.96. The van der Waals surface area contributed by atoms with E-state index in [9.17, 15) is 19.2 Å². The lowest BCUT2D eigenvalue weighted by Gasteiger charge is -2.10. The first-order valence-corrected chi connectivity index (χ1v) is 10.4. The zero-order valence-electron chi connectivity index (χ0n) is 18.6. The van der Waals surface area contributed by atoms with Crippen molar-refractivity contribution in [1.29, 1.82) is 0 Å². The number of ether oxygens (including phenoxy) is 5. The lowest BCUT2D eigenvalue weighted by molar-refractivity contribution is -0.142. The summed E-state index contributed by atoms with van der Waals surface area (Å²) in [6.45, 7) is 3.13. The van der Waals surface area contributed by atoms with Gasteiger partial charge >= 0.3 is 17.9 Å². The first-order valence-electron chi connectivity index (χ1n) is 10.4. The molecule has 0 fully saturated rings. The highest BCUT2D eigenvalue weighted by Gasteiger charge is 2.16. The van der Waals surface area contributed by atoms with E-state index >= 15 is 0 Å². The Morgan fingerprint density at radius 2 is 1.53 bits per heavy atom. The number of benzene rings is 2. The molecule has 1 aliphatic heterocycles. The normalized spacial score (nSPS) is 11.7. The van der Waals surface area contributed by atoms with E-state index in [4.69, 9.17) is 23.7 Å². The van der Waals surface area contributed by atoms with Gasteiger partial charge in [-0.05, 0) is 55.8 Å². The van der Waals surface area contributed by atoms with Gasteiger partial charge in [0.1, 0.15) is 0 Å². The van der Waals surface area contributed by atoms with Crippen molar-refractivity contribution in [3.63, 3.8) is 0 Å². The Morgan fingerprint density at radius 1 is 0.882 bits per heavy atom. The number of hydrogen-bond acceptors (Lipinski definition) is 9. The lowest BCUT2D eigenvalue weighted by Crippen LogP contribution is -2.21. The Bertz CT molecular complexity index is 1090. The number of nitrogens with one attached hydrogen (secondary N) is 1. The number of carbonyl (C=O) groups is 4. The standard InChI is InChI=1S/C24H23NO9/c1-3-30-23(28)16-10-17(24(29)31-4-2)12-18(11-16)25-21(26)13-32-22(27)8-6-15-5-7-19-20(9-15)34-14-33-19/h5-12H,3-4,13-14H2,1-2H3,(H,25,26)/b8-6+. The van der Waals surface area contributed by atoms with Crippen LogP contribution in [0.5, 0.6) is 11.5 Å². The highest BCUT2D eigenvalue weighted by molar-refractivity contribution is 6.00. The molecule has 178 valence electrons. The van der Waals surface area contributed by atoms with Crippen molar-refractivity contribution in [2.45, 2.75) is 13.8 Å². The molecule has 0 bridgehead atoms. The Kier molecular flexibility index (Phi) is 8.22. The second-order valence-corrected chi connectivity index (χ2v) is 6.84. The van der Waals surface area contributed by atoms with Crippen molar-refractivity contribution in [2.24, 2.45) is 0 Å². The molecule has 1 amide bonds. The zero-order chi connectivity index (χ0) is 24.5. The van der Waals surface area contributed by atoms with Crippen LogP contribution >= 0.6 is 0 Å². The largest absolute Gasteiger partial charge is 0.462 e. The molecule has 2 aromatic carbocycles. The smallest absolute Gasteiger partial charge is 0.338 e. The third-order valence-electron chi connectivity index (χ3n) is 4.39. The third kappa shape index (κ3) is 6.58. The van der Waals surface area contributed by atoms with Gasteiger partial charge in [-0.2, -0.15) is 0 Å². The van der Waals surface area contributed by atoms with E-state index in [0.717, 1.165) is 0 Å². The van der Waals surface area contributed by atoms with Crippen molar-refractivity contribution < 1.29 is 42.9 Å². The van der Waals surface area contributed by atoms with Gasteiger partial charge in [0.25, 0.3) is 5.91 Å². The van der Waals surface area contributed by atoms with Gasteiger partial charge < -0.3 is 29.0 Å². The topological polar surface area (TPSA) is 126 Å². The molecule has 1 N–H and O–H groups in total. The third-order valence-corrected chi connectivity index (χ3v) is 4.39. The Hall–Kier alpha value is -4.34. The van der Waals surface area contributed by atoms with Crippen LogP contribution in [0.4, 0.5) is 5.69 Å². The molecule has 0 saturated heterocycles. The first-order chi connectivity index (χ1) is 16.4. The van der Waals surface area contributed by atoms with Gasteiger partial charge in [-0.3, -0.25) is 4.79 Å². The molecule has 0 radical (unpaired) electrons. The van der Waals surface area contributed by atoms with E-state index in [1.54, 1.807) is 32.0 Å². The van der Waals surface area contributed by atoms with Gasteiger partial charge in [0.15, 0.2) is 18.1 Å². The number of esters is 3. The summed E-state index contributed by atoms with van der Waals surface area (Å²) < 4.78 is 25.3. The van der Waals surface area contributed by atoms with Crippen LogP contribution in [0.15, 0.2) is 42.5 Å². The van der Waals surface area contributed by atoms with Gasteiger partial charge in [0, 0.05) is 11.8 Å². The van der Waals surface area contributed by atoms with Crippen molar-refractivity contribution >= 4 is 35.6 Å². The van der Waals surface area contributed by atoms with Gasteiger partial charge in [0.05, 0.1) is 24.3 Å². The van der Waals surface area contributed by atoms with Crippen LogP contribution < -0.4 is 14.8 Å². The van der Waals surface area contributed by atoms with Gasteiger partial charge in [0.2, 0.25) is 6.79 Å². The quantitative estimate of drug-likeness (QED) is 0.335. The summed E-state index contributed by atoms with van der Waals surface area (Å²) in [4.78, 5) is 48.4. The van der Waals surface area contributed by atoms with E-state index in [0.29, 0.717) is 17.1 Å². The maximum Gasteiger partial charge on any atom is 0.338 e. The Morgan fingerprint density at radius 3 is 2.18 bits per heavy atom. The van der Waals surface area contributed by atoms with Crippen LogP contribution in [0.2, 0.25) is 0 Å². The lowest BCUT2D eigenvalue weighted by atomic mass is 10.1. The zero-order valence-corrected chi connectivity index (χ0v) is 18.6. The second kappa shape index (κ2) is 11.5. The summed E-state index contributed by atoms with van der Waals surface area (Å²) in [6, 6.07) is 9.17. The summed E-state index contributed by atoms with van der Waals surface area (Å²) in [5.74, 6) is -1.54. The molecule has 0 aromatic heterocycles. The average molecular weight is 469 g/mol. The van der Waals surface area contributed by atoms with Crippen LogP contribution in [0, 0.1) is 0 Å². The highest BCUT2D eigenvalue weighted by atomic mass is 16.7. The summed E-state index contributed by atoms with van der Waals surface area (Å²) >= 11 is 0. The molecule has 1 aliphatic rings. The fourth-order valence-corrected chi connectivity index (χ4v) is 2.93. The first kappa shape index (κ1) is 24.3. The van der Waals surface area contributed by atoms with Crippen molar-refractivity contribution in [3.8, 4) is 11.5 Å². The number of amides is 1. The fourth-order valence-electron chi connectivity index (χ4n) is 2.93. The molecule has 34 heavy (non-hydrogen) atoms. The molecule has 3 rings (SSSR count). The molecule has 0 unspecified atom stereocenters. The number of carbonyl (C=O) groups excluding carboxylic acids is 4. The molecule has 0 aliphatic carbocycles. The summed E-state index contributed by atoms with van der Waals surface area (Å²) in [5, 5.41) is 2.49. The summed E-state index contributed by atoms with van der Waals surface area (Å²) in [5.41, 5.74) is 0.955. The van der Waals surface area contributed by atoms with Crippen LogP contribution in [0.25, 0.3) is 6.08 Å². The maximum atomic E-state index is 12.3. The molecule has 0 saturated carbocycles. The number of fused-ring (bicyclic) bond motifs is 1. The van der Waals surface area contributed by atoms with E-state index < -0.39 is 30.4 Å². The van der Waals surface area contributed by atoms with Crippen molar-refractivity contribution in [2.75, 3.05) is 31.9 Å². The van der Waals surface area contributed by atoms with E-state index in [-0.39, 0.29) is 36.8 Å². The Balaban J connectivity index is 1.60. The van der Waals surface area contributed by atoms with Gasteiger partial charge in [-0.25, -0.2) is 14.4 Å². The summed E-state index contributed by atoms with van der Waals surface area (Å²) in [7, 11) is 0. The average Bonchev–Trinajstić information content (AvgIpc) is 3.29. The molecule has 1 heterocycles. The molecule has 10 heteroatoms. The minimum atomic E-state index is -0.736. The second-order valence-electron chi connectivity index (χ2n) is 6.84. The number of hydrogen-bond donors (Lipinski definition) is 1. The van der Waals surface area contributed by atoms with Crippen molar-refractivity contribution in [1.82, 2.24) is 0 Å². The number of rotatable bonds is 9. The minimum absolute atomic E-state index is 0.0614. The van der Waals surface area contributed by atoms with Crippen LogP contribution in [-0.4, -0.2) is 50.4 Å². The van der Waals surface area contributed by atoms with Crippen LogP contribution in [-0.2, 0) is 23.8 Å². The molecular weight excluding hydrogens is 446 g/mol. The molecular formula is C24H23NO9. The van der Waals surface area contributed by atoms with E-state index in [1.807, 2.05) is 0 Å². The van der Waals surface area contributed by atoms with Crippen LogP contribution in [0.1, 0.15) is 40.1 Å². The SMILES string of the molecule is CCOC(=O)c1cc(NC(=O)COC(=O)/C=C/c2ccc3c(c2)OCO3)cc(C(=O)OCC)c1. The molecule has 2 aromatic rings. The Labute approximate surface area is 195 Å². The van der Waals surface area contributed by atoms with E-state index in [2.05, 4.69) is 5.32 Å². The molecule has 0 spiro atoms. The number of anilines is 1. The molecule has 0 atom stereocenters. The highest BCUT2D eigenvalue weighted by Crippen LogP contribution is 2.32. The minimum Gasteiger partial charge on any atom is -0.462 e. The summed E-state index contributed by atoms with van der Waals surface area (Å²) in [6.07, 6.45) is 2.68.